The van der Waals surface area contributed by atoms with E-state index in [1.165, 1.54) is 23.5 Å². The molecule has 1 aliphatic rings. The van der Waals surface area contributed by atoms with E-state index in [2.05, 4.69) is 32.7 Å². The quantitative estimate of drug-likeness (QED) is 0.725. The van der Waals surface area contributed by atoms with Crippen LogP contribution < -0.4 is 10.6 Å². The van der Waals surface area contributed by atoms with Crippen molar-refractivity contribution >= 4 is 17.5 Å². The molecule has 0 saturated heterocycles. The second kappa shape index (κ2) is 7.04. The van der Waals surface area contributed by atoms with Crippen molar-refractivity contribution in [2.24, 2.45) is 0 Å². The normalized spacial score (nSPS) is 18.1. The molecule has 6 nitrogen and oxygen atoms in total. The molecule has 1 aliphatic heterocycles. The van der Waals surface area contributed by atoms with Gasteiger partial charge in [-0.15, -0.1) is 0 Å². The molecule has 0 fully saturated rings. The van der Waals surface area contributed by atoms with Crippen molar-refractivity contribution in [1.82, 2.24) is 20.6 Å². The summed E-state index contributed by atoms with van der Waals surface area (Å²) in [6.45, 7) is 0.855. The van der Waals surface area contributed by atoms with Gasteiger partial charge >= 0.3 is 0 Å². The molecule has 0 bridgehead atoms. The topological polar surface area (TPSA) is 87.1 Å². The SMILES string of the molecule is O=C(NC[C@@H](O)[C@@H]1Cc2ccccc2CN1)c1cc(Cl)ncn1. The minimum atomic E-state index is -0.690. The van der Waals surface area contributed by atoms with Crippen molar-refractivity contribution < 1.29 is 9.90 Å². The van der Waals surface area contributed by atoms with Crippen LogP contribution in [0.15, 0.2) is 36.7 Å². The molecule has 7 heteroatoms. The largest absolute Gasteiger partial charge is 0.390 e. The van der Waals surface area contributed by atoms with Crippen molar-refractivity contribution in [2.45, 2.75) is 25.1 Å². The van der Waals surface area contributed by atoms with E-state index in [4.69, 9.17) is 11.6 Å². The summed E-state index contributed by atoms with van der Waals surface area (Å²) in [5.41, 5.74) is 2.65. The van der Waals surface area contributed by atoms with Crippen LogP contribution in [0.3, 0.4) is 0 Å². The average molecular weight is 333 g/mol. The third-order valence-corrected chi connectivity index (χ3v) is 4.12. The molecule has 0 unspecified atom stereocenters. The maximum absolute atomic E-state index is 12.0. The summed E-state index contributed by atoms with van der Waals surface area (Å²) >= 11 is 5.73. The molecule has 2 atom stereocenters. The molecule has 120 valence electrons. The number of aliphatic hydroxyl groups is 1. The van der Waals surface area contributed by atoms with Crippen LogP contribution in [-0.2, 0) is 13.0 Å². The molecule has 1 amide bonds. The van der Waals surface area contributed by atoms with Crippen LogP contribution in [-0.4, -0.2) is 39.7 Å². The van der Waals surface area contributed by atoms with Gasteiger partial charge in [0.2, 0.25) is 0 Å². The number of halogens is 1. The summed E-state index contributed by atoms with van der Waals surface area (Å²) < 4.78 is 0. The lowest BCUT2D eigenvalue weighted by atomic mass is 9.93. The minimum absolute atomic E-state index is 0.0980. The highest BCUT2D eigenvalue weighted by atomic mass is 35.5. The molecule has 0 spiro atoms. The van der Waals surface area contributed by atoms with Gasteiger partial charge in [0.15, 0.2) is 0 Å². The molecule has 2 heterocycles. The standard InChI is InChI=1S/C16H17ClN4O2/c17-15-6-13(20-9-21-15)16(23)19-8-14(22)12-5-10-3-1-2-4-11(10)7-18-12/h1-4,6,9,12,14,18,22H,5,7-8H2,(H,19,23)/t12-,14+/m0/s1. The highest BCUT2D eigenvalue weighted by Gasteiger charge is 2.24. The highest BCUT2D eigenvalue weighted by Crippen LogP contribution is 2.17. The van der Waals surface area contributed by atoms with Gasteiger partial charge in [0.25, 0.3) is 5.91 Å². The third kappa shape index (κ3) is 3.85. The summed E-state index contributed by atoms with van der Waals surface area (Å²) in [6.07, 6.45) is 1.27. The van der Waals surface area contributed by atoms with E-state index in [1.807, 2.05) is 12.1 Å². The third-order valence-electron chi connectivity index (χ3n) is 3.92. The van der Waals surface area contributed by atoms with Gasteiger partial charge in [-0.2, -0.15) is 0 Å². The number of aromatic nitrogens is 2. The fourth-order valence-corrected chi connectivity index (χ4v) is 2.79. The van der Waals surface area contributed by atoms with Crippen molar-refractivity contribution in [3.8, 4) is 0 Å². The number of fused-ring (bicyclic) bond motifs is 1. The Hall–Kier alpha value is -2.02. The lowest BCUT2D eigenvalue weighted by molar-refractivity contribution is 0.0865. The first-order valence-electron chi connectivity index (χ1n) is 7.37. The summed E-state index contributed by atoms with van der Waals surface area (Å²) in [5.74, 6) is -0.385. The lowest BCUT2D eigenvalue weighted by Crippen LogP contribution is -2.49. The van der Waals surface area contributed by atoms with Crippen LogP contribution in [0.2, 0.25) is 5.15 Å². The van der Waals surface area contributed by atoms with Gasteiger partial charge in [-0.1, -0.05) is 35.9 Å². The predicted octanol–water partition coefficient (Wildman–Crippen LogP) is 0.935. The zero-order chi connectivity index (χ0) is 16.2. The number of amides is 1. The highest BCUT2D eigenvalue weighted by molar-refractivity contribution is 6.29. The van der Waals surface area contributed by atoms with Crippen molar-refractivity contribution in [2.75, 3.05) is 6.54 Å². The number of benzene rings is 1. The van der Waals surface area contributed by atoms with Gasteiger partial charge in [0, 0.05) is 25.2 Å². The number of aliphatic hydroxyl groups excluding tert-OH is 1. The first kappa shape index (κ1) is 15.9. The van der Waals surface area contributed by atoms with Crippen LogP contribution >= 0.6 is 11.6 Å². The number of rotatable bonds is 4. The molecule has 0 saturated carbocycles. The summed E-state index contributed by atoms with van der Waals surface area (Å²) in [5, 5.41) is 16.5. The fourth-order valence-electron chi connectivity index (χ4n) is 2.64. The van der Waals surface area contributed by atoms with Gasteiger partial charge in [-0.05, 0) is 17.5 Å². The molecular weight excluding hydrogens is 316 g/mol. The monoisotopic (exact) mass is 332 g/mol. The average Bonchev–Trinajstić information content (AvgIpc) is 2.59. The van der Waals surface area contributed by atoms with Crippen LogP contribution in [0, 0.1) is 0 Å². The Morgan fingerprint density at radius 2 is 2.17 bits per heavy atom. The molecule has 1 aromatic carbocycles. The first-order chi connectivity index (χ1) is 11.1. The van der Waals surface area contributed by atoms with Gasteiger partial charge in [0.05, 0.1) is 6.10 Å². The number of carbonyl (C=O) groups is 1. The Labute approximate surface area is 138 Å². The number of nitrogens with one attached hydrogen (secondary N) is 2. The number of carbonyl (C=O) groups excluding carboxylic acids is 1. The Kier molecular flexibility index (Phi) is 4.85. The Morgan fingerprint density at radius 1 is 1.39 bits per heavy atom. The molecule has 0 radical (unpaired) electrons. The zero-order valence-electron chi connectivity index (χ0n) is 12.4. The molecule has 23 heavy (non-hydrogen) atoms. The molecule has 0 aliphatic carbocycles. The summed E-state index contributed by atoms with van der Waals surface area (Å²) in [7, 11) is 0. The van der Waals surface area contributed by atoms with E-state index in [0.29, 0.717) is 6.54 Å². The van der Waals surface area contributed by atoms with E-state index in [1.54, 1.807) is 0 Å². The smallest absolute Gasteiger partial charge is 0.270 e. The Bertz CT molecular complexity index is 710. The van der Waals surface area contributed by atoms with Crippen LogP contribution in [0.1, 0.15) is 21.6 Å². The second-order valence-corrected chi connectivity index (χ2v) is 5.85. The predicted molar refractivity (Wildman–Crippen MR) is 86.2 cm³/mol. The maximum Gasteiger partial charge on any atom is 0.270 e. The number of nitrogens with zero attached hydrogens (tertiary/aromatic N) is 2. The fraction of sp³-hybridized carbons (Fsp3) is 0.312. The molecule has 2 aromatic rings. The summed E-state index contributed by atoms with van der Waals surface area (Å²) in [6, 6.07) is 9.43. The van der Waals surface area contributed by atoms with E-state index in [-0.39, 0.29) is 29.3 Å². The zero-order valence-corrected chi connectivity index (χ0v) is 13.1. The van der Waals surface area contributed by atoms with Crippen LogP contribution in [0.4, 0.5) is 0 Å². The molecule has 3 rings (SSSR count). The van der Waals surface area contributed by atoms with E-state index in [0.717, 1.165) is 6.42 Å². The Morgan fingerprint density at radius 3 is 2.96 bits per heavy atom. The van der Waals surface area contributed by atoms with E-state index >= 15 is 0 Å². The van der Waals surface area contributed by atoms with Crippen LogP contribution in [0.25, 0.3) is 0 Å². The summed E-state index contributed by atoms with van der Waals surface area (Å²) in [4.78, 5) is 19.6. The number of hydrogen-bond donors (Lipinski definition) is 3. The first-order valence-corrected chi connectivity index (χ1v) is 7.75. The molecular formula is C16H17ClN4O2. The van der Waals surface area contributed by atoms with Crippen LogP contribution in [0.5, 0.6) is 0 Å². The van der Waals surface area contributed by atoms with E-state index < -0.39 is 6.10 Å². The van der Waals surface area contributed by atoms with Crippen molar-refractivity contribution in [3.63, 3.8) is 0 Å². The maximum atomic E-state index is 12.0. The Balaban J connectivity index is 1.56. The second-order valence-electron chi connectivity index (χ2n) is 5.46. The van der Waals surface area contributed by atoms with Gasteiger partial charge in [-0.25, -0.2) is 9.97 Å². The van der Waals surface area contributed by atoms with E-state index in [9.17, 15) is 9.90 Å². The van der Waals surface area contributed by atoms with Gasteiger partial charge in [0.1, 0.15) is 17.2 Å². The van der Waals surface area contributed by atoms with Gasteiger partial charge < -0.3 is 15.7 Å². The van der Waals surface area contributed by atoms with Gasteiger partial charge in [-0.3, -0.25) is 4.79 Å². The van der Waals surface area contributed by atoms with Crippen molar-refractivity contribution in [1.29, 1.82) is 0 Å². The minimum Gasteiger partial charge on any atom is -0.390 e. The lowest BCUT2D eigenvalue weighted by Gasteiger charge is -2.29. The number of hydrogen-bond acceptors (Lipinski definition) is 5. The molecule has 1 aromatic heterocycles. The van der Waals surface area contributed by atoms with Crippen molar-refractivity contribution in [3.05, 3.63) is 58.6 Å². The molecule has 3 N–H and O–H groups in total.